The molecule has 152 valence electrons. The maximum Gasteiger partial charge on any atom is 0.253 e. The molecule has 1 aromatic rings. The summed E-state index contributed by atoms with van der Waals surface area (Å²) in [6.45, 7) is 4.14. The topological polar surface area (TPSA) is 73.3 Å². The van der Waals surface area contributed by atoms with Crippen LogP contribution in [0.4, 0.5) is 0 Å². The Kier molecular flexibility index (Phi) is 5.55. The molecule has 28 heavy (non-hydrogen) atoms. The van der Waals surface area contributed by atoms with Crippen LogP contribution in [0.2, 0.25) is 0 Å². The Morgan fingerprint density at radius 2 is 2.07 bits per heavy atom. The summed E-state index contributed by atoms with van der Waals surface area (Å²) in [5, 5.41) is 9.57. The van der Waals surface area contributed by atoms with Crippen molar-refractivity contribution < 1.29 is 19.4 Å². The zero-order valence-corrected chi connectivity index (χ0v) is 16.4. The number of likely N-dealkylation sites (N-methyl/N-ethyl adjacent to an activating group) is 1. The Bertz CT molecular complexity index is 740. The van der Waals surface area contributed by atoms with Crippen LogP contribution in [0.15, 0.2) is 24.3 Å². The van der Waals surface area contributed by atoms with E-state index >= 15 is 0 Å². The van der Waals surface area contributed by atoms with Crippen molar-refractivity contribution in [3.63, 3.8) is 0 Å². The third-order valence-corrected chi connectivity index (χ3v) is 6.13. The van der Waals surface area contributed by atoms with Crippen molar-refractivity contribution in [3.05, 3.63) is 29.8 Å². The molecule has 7 nitrogen and oxygen atoms in total. The van der Waals surface area contributed by atoms with Gasteiger partial charge in [-0.3, -0.25) is 9.59 Å². The standard InChI is InChI=1S/C21H29N3O4/c1-22-7-8-28-19(14-22)21(27)23-11-16-9-17(13-23)24(12-16)20(26)6-5-15-3-2-4-18(25)10-15/h2-4,10,16-17,19,25H,5-9,11-14H2,1H3. The van der Waals surface area contributed by atoms with Gasteiger partial charge in [0.05, 0.1) is 6.61 Å². The number of hydrogen-bond acceptors (Lipinski definition) is 5. The first-order valence-corrected chi connectivity index (χ1v) is 10.2. The van der Waals surface area contributed by atoms with Gasteiger partial charge in [-0.2, -0.15) is 0 Å². The minimum Gasteiger partial charge on any atom is -0.508 e. The summed E-state index contributed by atoms with van der Waals surface area (Å²) in [5.41, 5.74) is 0.964. The van der Waals surface area contributed by atoms with Gasteiger partial charge in [0.2, 0.25) is 5.91 Å². The fourth-order valence-electron chi connectivity index (χ4n) is 4.68. The average Bonchev–Trinajstić information content (AvgIpc) is 2.99. The molecule has 1 N–H and O–H groups in total. The summed E-state index contributed by atoms with van der Waals surface area (Å²) in [6, 6.07) is 7.18. The molecule has 4 rings (SSSR count). The zero-order chi connectivity index (χ0) is 19.7. The van der Waals surface area contributed by atoms with Crippen LogP contribution < -0.4 is 0 Å². The van der Waals surface area contributed by atoms with Gasteiger partial charge in [0.15, 0.2) is 0 Å². The Morgan fingerprint density at radius 1 is 1.21 bits per heavy atom. The van der Waals surface area contributed by atoms with Gasteiger partial charge >= 0.3 is 0 Å². The molecule has 3 unspecified atom stereocenters. The van der Waals surface area contributed by atoms with Crippen LogP contribution in [0.3, 0.4) is 0 Å². The predicted molar refractivity (Wildman–Crippen MR) is 104 cm³/mol. The van der Waals surface area contributed by atoms with Gasteiger partial charge in [-0.05, 0) is 43.5 Å². The first kappa shape index (κ1) is 19.2. The number of carbonyl (C=O) groups excluding carboxylic acids is 2. The lowest BCUT2D eigenvalue weighted by Crippen LogP contribution is -2.54. The molecule has 0 saturated carbocycles. The van der Waals surface area contributed by atoms with Gasteiger partial charge < -0.3 is 24.5 Å². The maximum absolute atomic E-state index is 12.9. The number of aryl methyl sites for hydroxylation is 1. The first-order valence-electron chi connectivity index (χ1n) is 10.2. The number of rotatable bonds is 4. The van der Waals surface area contributed by atoms with Gasteiger partial charge in [0.1, 0.15) is 11.9 Å². The van der Waals surface area contributed by atoms with E-state index in [1.807, 2.05) is 22.9 Å². The molecule has 2 amide bonds. The van der Waals surface area contributed by atoms with E-state index in [2.05, 4.69) is 4.90 Å². The van der Waals surface area contributed by atoms with Gasteiger partial charge in [0.25, 0.3) is 5.91 Å². The fourth-order valence-corrected chi connectivity index (χ4v) is 4.68. The van der Waals surface area contributed by atoms with E-state index in [9.17, 15) is 14.7 Å². The second-order valence-corrected chi connectivity index (χ2v) is 8.34. The van der Waals surface area contributed by atoms with Crippen LogP contribution in [-0.2, 0) is 20.7 Å². The maximum atomic E-state index is 12.9. The predicted octanol–water partition coefficient (Wildman–Crippen LogP) is 0.715. The lowest BCUT2D eigenvalue weighted by Gasteiger charge is -2.37. The molecule has 0 radical (unpaired) electrons. The number of likely N-dealkylation sites (tertiary alicyclic amines) is 2. The molecule has 1 aromatic carbocycles. The molecule has 3 fully saturated rings. The van der Waals surface area contributed by atoms with Crippen LogP contribution in [0, 0.1) is 5.92 Å². The number of nitrogens with zero attached hydrogens (tertiary/aromatic N) is 3. The molecule has 2 bridgehead atoms. The van der Waals surface area contributed by atoms with Crippen molar-refractivity contribution in [1.82, 2.24) is 14.7 Å². The second kappa shape index (κ2) is 8.09. The summed E-state index contributed by atoms with van der Waals surface area (Å²) in [5.74, 6) is 0.787. The number of phenolic OH excluding ortho intramolecular Hbond substituents is 1. The summed E-state index contributed by atoms with van der Waals surface area (Å²) >= 11 is 0. The monoisotopic (exact) mass is 387 g/mol. The molecule has 0 aromatic heterocycles. The van der Waals surface area contributed by atoms with Crippen LogP contribution in [0.5, 0.6) is 5.75 Å². The van der Waals surface area contributed by atoms with Crippen molar-refractivity contribution in [3.8, 4) is 5.75 Å². The van der Waals surface area contributed by atoms with Gasteiger partial charge in [-0.15, -0.1) is 0 Å². The third kappa shape index (κ3) is 4.15. The molecule has 3 atom stereocenters. The number of piperidine rings is 1. The quantitative estimate of drug-likeness (QED) is 0.824. The van der Waals surface area contributed by atoms with E-state index in [1.54, 1.807) is 18.2 Å². The first-order chi connectivity index (χ1) is 13.5. The van der Waals surface area contributed by atoms with E-state index in [0.717, 1.165) is 31.6 Å². The van der Waals surface area contributed by atoms with Gasteiger partial charge in [-0.25, -0.2) is 0 Å². The number of phenols is 1. The number of carbonyl (C=O) groups is 2. The molecule has 0 spiro atoms. The molecule has 3 saturated heterocycles. The number of fused-ring (bicyclic) bond motifs is 2. The Morgan fingerprint density at radius 3 is 2.86 bits per heavy atom. The summed E-state index contributed by atoms with van der Waals surface area (Å²) in [7, 11) is 2.01. The van der Waals surface area contributed by atoms with E-state index in [0.29, 0.717) is 38.5 Å². The Balaban J connectivity index is 1.33. The van der Waals surface area contributed by atoms with Gasteiger partial charge in [-0.1, -0.05) is 12.1 Å². The van der Waals surface area contributed by atoms with Crippen molar-refractivity contribution in [2.24, 2.45) is 5.92 Å². The fraction of sp³-hybridized carbons (Fsp3) is 0.619. The van der Waals surface area contributed by atoms with Crippen LogP contribution in [-0.4, -0.2) is 90.1 Å². The van der Waals surface area contributed by atoms with Gasteiger partial charge in [0, 0.05) is 45.2 Å². The summed E-state index contributed by atoms with van der Waals surface area (Å²) in [4.78, 5) is 31.7. The van der Waals surface area contributed by atoms with Crippen LogP contribution in [0.1, 0.15) is 18.4 Å². The molecule has 3 aliphatic rings. The Hall–Kier alpha value is -2.12. The highest BCUT2D eigenvalue weighted by molar-refractivity contribution is 5.82. The van der Waals surface area contributed by atoms with E-state index < -0.39 is 0 Å². The highest BCUT2D eigenvalue weighted by Crippen LogP contribution is 2.31. The Labute approximate surface area is 165 Å². The highest BCUT2D eigenvalue weighted by Gasteiger charge is 2.43. The number of aromatic hydroxyl groups is 1. The molecular formula is C21H29N3O4. The van der Waals surface area contributed by atoms with Crippen molar-refractivity contribution >= 4 is 11.8 Å². The average molecular weight is 387 g/mol. The molecule has 3 heterocycles. The zero-order valence-electron chi connectivity index (χ0n) is 16.4. The number of amides is 2. The number of hydrogen-bond donors (Lipinski definition) is 1. The van der Waals surface area contributed by atoms with Crippen molar-refractivity contribution in [2.75, 3.05) is 46.4 Å². The third-order valence-electron chi connectivity index (χ3n) is 6.13. The minimum absolute atomic E-state index is 0.0651. The number of morpholine rings is 1. The summed E-state index contributed by atoms with van der Waals surface area (Å²) < 4.78 is 5.69. The largest absolute Gasteiger partial charge is 0.508 e. The highest BCUT2D eigenvalue weighted by atomic mass is 16.5. The van der Waals surface area contributed by atoms with Crippen molar-refractivity contribution in [2.45, 2.75) is 31.4 Å². The lowest BCUT2D eigenvalue weighted by atomic mass is 9.99. The SMILES string of the molecule is CN1CCOC(C(=O)N2CC3CC(C2)N(C(=O)CCc2cccc(O)c2)C3)C1. The van der Waals surface area contributed by atoms with Crippen molar-refractivity contribution in [1.29, 1.82) is 0 Å². The molecule has 7 heteroatoms. The van der Waals surface area contributed by atoms with E-state index in [-0.39, 0.29) is 29.7 Å². The molecule has 0 aliphatic carbocycles. The van der Waals surface area contributed by atoms with E-state index in [4.69, 9.17) is 4.74 Å². The van der Waals surface area contributed by atoms with Crippen LogP contribution >= 0.6 is 0 Å². The number of ether oxygens (including phenoxy) is 1. The van der Waals surface area contributed by atoms with E-state index in [1.165, 1.54) is 0 Å². The summed E-state index contributed by atoms with van der Waals surface area (Å²) in [6.07, 6.45) is 1.64. The smallest absolute Gasteiger partial charge is 0.253 e. The molecule has 3 aliphatic heterocycles. The minimum atomic E-state index is -0.383. The van der Waals surface area contributed by atoms with Crippen LogP contribution in [0.25, 0.3) is 0 Å². The number of benzene rings is 1. The normalized spacial score (nSPS) is 27.8. The second-order valence-electron chi connectivity index (χ2n) is 8.34. The molecular weight excluding hydrogens is 358 g/mol. The lowest BCUT2D eigenvalue weighted by molar-refractivity contribution is -0.151.